The number of carbonyl (C=O) groups is 1. The number of hydrogen-bond acceptors (Lipinski definition) is 7. The van der Waals surface area contributed by atoms with Crippen molar-refractivity contribution in [3.8, 4) is 16.4 Å². The van der Waals surface area contributed by atoms with Crippen molar-refractivity contribution in [2.45, 2.75) is 6.92 Å². The van der Waals surface area contributed by atoms with Crippen LogP contribution >= 0.6 is 22.7 Å². The second-order valence-corrected chi connectivity index (χ2v) is 7.34. The fraction of sp³-hybridized carbons (Fsp3) is 0.0625. The van der Waals surface area contributed by atoms with Crippen LogP contribution in [0.1, 0.15) is 15.6 Å². The minimum absolute atomic E-state index is 0.0366. The lowest BCUT2D eigenvalue weighted by atomic mass is 10.3. The summed E-state index contributed by atoms with van der Waals surface area (Å²) in [7, 11) is 0. The van der Waals surface area contributed by atoms with E-state index in [0.717, 1.165) is 9.88 Å². The average molecular weight is 386 g/mol. The zero-order valence-electron chi connectivity index (χ0n) is 13.4. The van der Waals surface area contributed by atoms with Gasteiger partial charge in [0.25, 0.3) is 5.91 Å². The molecule has 0 atom stereocenters. The predicted octanol–water partition coefficient (Wildman–Crippen LogP) is 3.55. The molecule has 10 heteroatoms. The molecule has 0 spiro atoms. The highest BCUT2D eigenvalue weighted by Crippen LogP contribution is 2.26. The minimum atomic E-state index is -0.505. The van der Waals surface area contributed by atoms with Crippen molar-refractivity contribution in [1.29, 1.82) is 0 Å². The Morgan fingerprint density at radius 3 is 2.81 bits per heavy atom. The van der Waals surface area contributed by atoms with Crippen molar-refractivity contribution in [3.63, 3.8) is 0 Å². The van der Waals surface area contributed by atoms with E-state index in [1.165, 1.54) is 39.5 Å². The molecule has 0 saturated carbocycles. The molecule has 0 aliphatic heterocycles. The first-order valence-corrected chi connectivity index (χ1v) is 9.18. The molecule has 1 aromatic carbocycles. The molecule has 4 rings (SSSR count). The van der Waals surface area contributed by atoms with Gasteiger partial charge in [0.05, 0.1) is 10.6 Å². The highest BCUT2D eigenvalue weighted by atomic mass is 32.1. The number of nitrogens with zero attached hydrogens (tertiary/aromatic N) is 5. The van der Waals surface area contributed by atoms with Crippen LogP contribution in [0, 0.1) is 12.7 Å². The summed E-state index contributed by atoms with van der Waals surface area (Å²) in [5.74, 6) is -0.478. The van der Waals surface area contributed by atoms with Crippen molar-refractivity contribution in [2.75, 3.05) is 5.32 Å². The second kappa shape index (κ2) is 6.73. The van der Waals surface area contributed by atoms with Gasteiger partial charge in [-0.3, -0.25) is 10.1 Å². The number of thiophene rings is 1. The topological polar surface area (TPSA) is 85.6 Å². The molecule has 7 nitrogen and oxygen atoms in total. The van der Waals surface area contributed by atoms with Gasteiger partial charge in [0, 0.05) is 0 Å². The Morgan fingerprint density at radius 2 is 2.12 bits per heavy atom. The smallest absolute Gasteiger partial charge is 0.294 e. The van der Waals surface area contributed by atoms with Crippen molar-refractivity contribution in [3.05, 3.63) is 58.4 Å². The van der Waals surface area contributed by atoms with E-state index in [4.69, 9.17) is 0 Å². The average Bonchev–Trinajstić information content (AvgIpc) is 3.34. The molecular formula is C16H11FN6OS2. The molecule has 3 heterocycles. The maximum absolute atomic E-state index is 13.6. The molecule has 1 N–H and O–H groups in total. The first kappa shape index (κ1) is 16.5. The van der Waals surface area contributed by atoms with Gasteiger partial charge in [0.1, 0.15) is 10.8 Å². The predicted molar refractivity (Wildman–Crippen MR) is 97.2 cm³/mol. The summed E-state index contributed by atoms with van der Waals surface area (Å²) in [6.07, 6.45) is 0. The third-order valence-corrected chi connectivity index (χ3v) is 4.97. The van der Waals surface area contributed by atoms with E-state index >= 15 is 0 Å². The Hall–Kier alpha value is -2.98. The van der Waals surface area contributed by atoms with Crippen molar-refractivity contribution < 1.29 is 9.18 Å². The SMILES string of the molecule is Cc1nnc(NC(=O)c2nc(-c3cccs3)n(-c3cccc(F)c3)n2)s1. The van der Waals surface area contributed by atoms with Crippen LogP contribution in [0.5, 0.6) is 0 Å². The minimum Gasteiger partial charge on any atom is -0.294 e. The van der Waals surface area contributed by atoms with Gasteiger partial charge in [-0.2, -0.15) is 0 Å². The number of aromatic nitrogens is 5. The van der Waals surface area contributed by atoms with Crippen molar-refractivity contribution in [2.24, 2.45) is 0 Å². The molecule has 4 aromatic rings. The fourth-order valence-corrected chi connectivity index (χ4v) is 3.55. The lowest BCUT2D eigenvalue weighted by molar-refractivity contribution is 0.101. The van der Waals surface area contributed by atoms with Gasteiger partial charge in [0.2, 0.25) is 11.0 Å². The third-order valence-electron chi connectivity index (χ3n) is 3.35. The van der Waals surface area contributed by atoms with E-state index in [9.17, 15) is 9.18 Å². The summed E-state index contributed by atoms with van der Waals surface area (Å²) >= 11 is 2.71. The van der Waals surface area contributed by atoms with Gasteiger partial charge >= 0.3 is 0 Å². The number of rotatable bonds is 4. The first-order chi connectivity index (χ1) is 12.6. The molecule has 0 radical (unpaired) electrons. The van der Waals surface area contributed by atoms with E-state index in [-0.39, 0.29) is 5.82 Å². The van der Waals surface area contributed by atoms with Gasteiger partial charge in [0.15, 0.2) is 5.82 Å². The second-order valence-electron chi connectivity index (χ2n) is 5.21. The van der Waals surface area contributed by atoms with Crippen LogP contribution in [0.4, 0.5) is 9.52 Å². The van der Waals surface area contributed by atoms with Crippen LogP contribution in [-0.4, -0.2) is 30.9 Å². The molecule has 0 unspecified atom stereocenters. The van der Waals surface area contributed by atoms with Gasteiger partial charge in [-0.05, 0) is 36.6 Å². The van der Waals surface area contributed by atoms with E-state index in [2.05, 4.69) is 25.6 Å². The number of aryl methyl sites for hydroxylation is 1. The van der Waals surface area contributed by atoms with Crippen LogP contribution in [0.2, 0.25) is 0 Å². The van der Waals surface area contributed by atoms with Crippen LogP contribution < -0.4 is 5.32 Å². The van der Waals surface area contributed by atoms with E-state index in [0.29, 0.717) is 16.6 Å². The summed E-state index contributed by atoms with van der Waals surface area (Å²) < 4.78 is 15.1. The number of halogens is 1. The third kappa shape index (κ3) is 3.24. The maximum atomic E-state index is 13.6. The number of amides is 1. The Labute approximate surface area is 155 Å². The highest BCUT2D eigenvalue weighted by Gasteiger charge is 2.20. The Bertz CT molecular complexity index is 1070. The van der Waals surface area contributed by atoms with E-state index in [1.807, 2.05) is 17.5 Å². The molecular weight excluding hydrogens is 375 g/mol. The maximum Gasteiger partial charge on any atom is 0.297 e. The zero-order chi connectivity index (χ0) is 18.1. The Balaban J connectivity index is 1.75. The normalized spacial score (nSPS) is 10.8. The fourth-order valence-electron chi connectivity index (χ4n) is 2.26. The Kier molecular flexibility index (Phi) is 4.27. The van der Waals surface area contributed by atoms with Crippen LogP contribution in [0.25, 0.3) is 16.4 Å². The standard InChI is InChI=1S/C16H11FN6OS2/c1-9-20-21-16(26-9)19-15(24)13-18-14(12-6-3-7-25-12)23(22-13)11-5-2-4-10(17)8-11/h2-8H,1H3,(H,19,21,24). The summed E-state index contributed by atoms with van der Waals surface area (Å²) in [6.45, 7) is 1.79. The molecule has 0 aliphatic carbocycles. The Morgan fingerprint density at radius 1 is 1.23 bits per heavy atom. The summed E-state index contributed by atoms with van der Waals surface area (Å²) in [5.41, 5.74) is 0.478. The highest BCUT2D eigenvalue weighted by molar-refractivity contribution is 7.15. The lowest BCUT2D eigenvalue weighted by Gasteiger charge is -2.04. The van der Waals surface area contributed by atoms with Crippen molar-refractivity contribution >= 4 is 33.7 Å². The van der Waals surface area contributed by atoms with Crippen LogP contribution in [-0.2, 0) is 0 Å². The molecule has 0 fully saturated rings. The number of carbonyl (C=O) groups excluding carboxylic acids is 1. The molecule has 0 saturated heterocycles. The van der Waals surface area contributed by atoms with E-state index in [1.54, 1.807) is 19.1 Å². The quantitative estimate of drug-likeness (QED) is 0.580. The van der Waals surface area contributed by atoms with Gasteiger partial charge < -0.3 is 0 Å². The molecule has 1 amide bonds. The van der Waals surface area contributed by atoms with E-state index < -0.39 is 11.7 Å². The van der Waals surface area contributed by atoms with Gasteiger partial charge in [-0.25, -0.2) is 14.1 Å². The summed E-state index contributed by atoms with van der Waals surface area (Å²) in [5, 5.41) is 17.6. The van der Waals surface area contributed by atoms with Crippen LogP contribution in [0.3, 0.4) is 0 Å². The van der Waals surface area contributed by atoms with Crippen molar-refractivity contribution in [1.82, 2.24) is 25.0 Å². The molecule has 3 aromatic heterocycles. The number of benzene rings is 1. The number of hydrogen-bond donors (Lipinski definition) is 1. The summed E-state index contributed by atoms with van der Waals surface area (Å²) in [6, 6.07) is 9.69. The van der Waals surface area contributed by atoms with Crippen LogP contribution in [0.15, 0.2) is 41.8 Å². The molecule has 26 heavy (non-hydrogen) atoms. The first-order valence-electron chi connectivity index (χ1n) is 7.48. The molecule has 0 bridgehead atoms. The van der Waals surface area contributed by atoms with Gasteiger partial charge in [-0.1, -0.05) is 23.5 Å². The summed E-state index contributed by atoms with van der Waals surface area (Å²) in [4.78, 5) is 17.6. The molecule has 0 aliphatic rings. The zero-order valence-corrected chi connectivity index (χ0v) is 15.0. The largest absolute Gasteiger partial charge is 0.297 e. The number of anilines is 1. The monoisotopic (exact) mass is 386 g/mol. The molecule has 130 valence electrons. The number of nitrogens with one attached hydrogen (secondary N) is 1. The van der Waals surface area contributed by atoms with Gasteiger partial charge in [-0.15, -0.1) is 26.6 Å². The lowest BCUT2D eigenvalue weighted by Crippen LogP contribution is -2.14.